The van der Waals surface area contributed by atoms with Crippen molar-refractivity contribution < 1.29 is 28.5 Å². The van der Waals surface area contributed by atoms with Crippen LogP contribution in [0, 0.1) is 0 Å². The van der Waals surface area contributed by atoms with Gasteiger partial charge in [-0.05, 0) is 98.2 Å². The molecule has 8 heteroatoms. The van der Waals surface area contributed by atoms with Crippen molar-refractivity contribution in [3.05, 3.63) is 85.0 Å². The highest BCUT2D eigenvalue weighted by Gasteiger charge is 2.06. The van der Waals surface area contributed by atoms with Crippen LogP contribution in [0.4, 0.5) is 0 Å². The van der Waals surface area contributed by atoms with Gasteiger partial charge in [-0.2, -0.15) is 10.2 Å². The molecule has 214 valence electrons. The molecule has 0 radical (unpaired) electrons. The van der Waals surface area contributed by atoms with E-state index in [1.165, 1.54) is 0 Å². The standard InChI is InChI=1S/C32H40N2O6/c1-5-29(25-13-17-27(18-14-25)37-21-9-11-23-39-31(35)7-3)33-34-30(6-2)26-15-19-28(20-16-26)38-22-10-12-24-40-32(36)8-4/h7-8,13-20H,3-6,9-12,21-24H2,1-2H3. The minimum absolute atomic E-state index is 0.361. The van der Waals surface area contributed by atoms with Gasteiger partial charge in [0.2, 0.25) is 0 Å². The lowest BCUT2D eigenvalue weighted by atomic mass is 10.1. The summed E-state index contributed by atoms with van der Waals surface area (Å²) in [6.07, 6.45) is 6.83. The van der Waals surface area contributed by atoms with Crippen molar-refractivity contribution in [3.63, 3.8) is 0 Å². The van der Waals surface area contributed by atoms with Gasteiger partial charge in [0.05, 0.1) is 37.9 Å². The first-order valence-electron chi connectivity index (χ1n) is 13.7. The molecule has 0 aliphatic rings. The van der Waals surface area contributed by atoms with E-state index in [0.29, 0.717) is 26.4 Å². The SMILES string of the molecule is C=CC(=O)OCCCCOc1ccc(C(CC)=NN=C(CC)c2ccc(OCCCCOC(=O)C=C)cc2)cc1. The molecule has 0 aromatic heterocycles. The molecule has 0 spiro atoms. The number of esters is 2. The molecule has 40 heavy (non-hydrogen) atoms. The minimum atomic E-state index is -0.404. The van der Waals surface area contributed by atoms with Gasteiger partial charge in [-0.15, -0.1) is 0 Å². The number of hydrogen-bond donors (Lipinski definition) is 0. The lowest BCUT2D eigenvalue weighted by Crippen LogP contribution is -2.05. The Kier molecular flexibility index (Phi) is 15.2. The van der Waals surface area contributed by atoms with Gasteiger partial charge in [0.15, 0.2) is 0 Å². The molecule has 0 aliphatic heterocycles. The van der Waals surface area contributed by atoms with Crippen LogP contribution in [0.2, 0.25) is 0 Å². The number of unbranched alkanes of at least 4 members (excludes halogenated alkanes) is 2. The van der Waals surface area contributed by atoms with Gasteiger partial charge in [0.1, 0.15) is 11.5 Å². The van der Waals surface area contributed by atoms with Crippen LogP contribution in [-0.2, 0) is 19.1 Å². The lowest BCUT2D eigenvalue weighted by Gasteiger charge is -2.09. The monoisotopic (exact) mass is 548 g/mol. The van der Waals surface area contributed by atoms with Crippen LogP contribution in [0.15, 0.2) is 84.0 Å². The molecule has 0 saturated carbocycles. The molecule has 2 rings (SSSR count). The van der Waals surface area contributed by atoms with Gasteiger partial charge in [-0.3, -0.25) is 0 Å². The summed E-state index contributed by atoms with van der Waals surface area (Å²) in [7, 11) is 0. The van der Waals surface area contributed by atoms with Crippen LogP contribution in [0.25, 0.3) is 0 Å². The molecule has 0 atom stereocenters. The number of rotatable bonds is 19. The van der Waals surface area contributed by atoms with E-state index in [4.69, 9.17) is 18.9 Å². The van der Waals surface area contributed by atoms with Gasteiger partial charge in [-0.25, -0.2) is 9.59 Å². The Labute approximate surface area is 237 Å². The summed E-state index contributed by atoms with van der Waals surface area (Å²) < 4.78 is 21.5. The third kappa shape index (κ3) is 12.1. The Morgan fingerprint density at radius 2 is 0.975 bits per heavy atom. The molecular weight excluding hydrogens is 508 g/mol. The predicted octanol–water partition coefficient (Wildman–Crippen LogP) is 6.48. The zero-order valence-corrected chi connectivity index (χ0v) is 23.6. The topological polar surface area (TPSA) is 95.8 Å². The number of nitrogens with zero attached hydrogens (tertiary/aromatic N) is 2. The molecular formula is C32H40N2O6. The van der Waals surface area contributed by atoms with Crippen molar-refractivity contribution in [1.29, 1.82) is 0 Å². The minimum Gasteiger partial charge on any atom is -0.494 e. The first-order chi connectivity index (χ1) is 19.5. The number of carbonyl (C=O) groups is 2. The molecule has 0 fully saturated rings. The first-order valence-corrected chi connectivity index (χ1v) is 13.7. The second-order valence-corrected chi connectivity index (χ2v) is 8.70. The maximum atomic E-state index is 11.0. The smallest absolute Gasteiger partial charge is 0.330 e. The van der Waals surface area contributed by atoms with E-state index in [9.17, 15) is 9.59 Å². The molecule has 0 amide bonds. The van der Waals surface area contributed by atoms with Crippen LogP contribution >= 0.6 is 0 Å². The first kappa shape index (κ1) is 32.0. The normalized spacial score (nSPS) is 11.4. The lowest BCUT2D eigenvalue weighted by molar-refractivity contribution is -0.138. The van der Waals surface area contributed by atoms with Crippen molar-refractivity contribution in [2.75, 3.05) is 26.4 Å². The number of hydrogen-bond acceptors (Lipinski definition) is 8. The quantitative estimate of drug-likeness (QED) is 0.0656. The maximum Gasteiger partial charge on any atom is 0.330 e. The van der Waals surface area contributed by atoms with E-state index >= 15 is 0 Å². The van der Waals surface area contributed by atoms with E-state index in [2.05, 4.69) is 37.2 Å². The molecule has 0 unspecified atom stereocenters. The van der Waals surface area contributed by atoms with Crippen molar-refractivity contribution in [1.82, 2.24) is 0 Å². The van der Waals surface area contributed by atoms with Crippen LogP contribution in [0.1, 0.15) is 63.5 Å². The van der Waals surface area contributed by atoms with Crippen LogP contribution in [0.3, 0.4) is 0 Å². The summed E-state index contributed by atoms with van der Waals surface area (Å²) in [5, 5.41) is 9.14. The van der Waals surface area contributed by atoms with Crippen LogP contribution in [-0.4, -0.2) is 49.8 Å². The highest BCUT2D eigenvalue weighted by molar-refractivity contribution is 6.03. The Morgan fingerprint density at radius 1 is 0.625 bits per heavy atom. The van der Waals surface area contributed by atoms with Gasteiger partial charge in [0, 0.05) is 12.2 Å². The average molecular weight is 549 g/mol. The largest absolute Gasteiger partial charge is 0.494 e. The van der Waals surface area contributed by atoms with Gasteiger partial charge >= 0.3 is 11.9 Å². The highest BCUT2D eigenvalue weighted by Crippen LogP contribution is 2.17. The maximum absolute atomic E-state index is 11.0. The fourth-order valence-corrected chi connectivity index (χ4v) is 3.52. The second-order valence-electron chi connectivity index (χ2n) is 8.70. The van der Waals surface area contributed by atoms with Crippen molar-refractivity contribution in [3.8, 4) is 11.5 Å². The van der Waals surface area contributed by atoms with Gasteiger partial charge < -0.3 is 18.9 Å². The fourth-order valence-electron chi connectivity index (χ4n) is 3.52. The Hall–Kier alpha value is -4.20. The molecule has 0 saturated heterocycles. The third-order valence-electron chi connectivity index (χ3n) is 5.77. The van der Waals surface area contributed by atoms with E-state index in [1.807, 2.05) is 48.5 Å². The molecule has 0 aliphatic carbocycles. The second kappa shape index (κ2) is 19.0. The molecule has 2 aromatic rings. The summed E-state index contributed by atoms with van der Waals surface area (Å²) in [4.78, 5) is 22.1. The van der Waals surface area contributed by atoms with Crippen LogP contribution in [0.5, 0.6) is 11.5 Å². The van der Waals surface area contributed by atoms with Crippen LogP contribution < -0.4 is 9.47 Å². The zero-order valence-electron chi connectivity index (χ0n) is 23.6. The molecule has 8 nitrogen and oxygen atoms in total. The van der Waals surface area contributed by atoms with E-state index in [0.717, 1.165) is 84.7 Å². The van der Waals surface area contributed by atoms with Gasteiger partial charge in [0.25, 0.3) is 0 Å². The van der Waals surface area contributed by atoms with Crippen molar-refractivity contribution in [2.45, 2.75) is 52.4 Å². The van der Waals surface area contributed by atoms with E-state index in [1.54, 1.807) is 0 Å². The molecule has 0 heterocycles. The Morgan fingerprint density at radius 3 is 1.30 bits per heavy atom. The number of benzene rings is 2. The summed E-state index contributed by atoms with van der Waals surface area (Å²) in [6, 6.07) is 15.6. The molecule has 0 bridgehead atoms. The predicted molar refractivity (Wildman–Crippen MR) is 158 cm³/mol. The Bertz CT molecular complexity index is 1050. The number of carbonyl (C=O) groups excluding carboxylic acids is 2. The third-order valence-corrected chi connectivity index (χ3v) is 5.77. The zero-order chi connectivity index (χ0) is 29.0. The summed E-state index contributed by atoms with van der Waals surface area (Å²) in [5.74, 6) is 0.744. The van der Waals surface area contributed by atoms with Crippen molar-refractivity contribution in [2.24, 2.45) is 10.2 Å². The Balaban J connectivity index is 1.86. The number of ether oxygens (including phenoxy) is 4. The van der Waals surface area contributed by atoms with E-state index in [-0.39, 0.29) is 0 Å². The van der Waals surface area contributed by atoms with E-state index < -0.39 is 11.9 Å². The average Bonchev–Trinajstić information content (AvgIpc) is 2.99. The molecule has 2 aromatic carbocycles. The highest BCUT2D eigenvalue weighted by atomic mass is 16.5. The fraction of sp³-hybridized carbons (Fsp3) is 0.375. The van der Waals surface area contributed by atoms with Crippen molar-refractivity contribution >= 4 is 23.4 Å². The summed E-state index contributed by atoms with van der Waals surface area (Å²) in [5.41, 5.74) is 3.77. The molecule has 0 N–H and O–H groups in total. The summed E-state index contributed by atoms with van der Waals surface area (Å²) >= 11 is 0. The summed E-state index contributed by atoms with van der Waals surface area (Å²) in [6.45, 7) is 12.7. The van der Waals surface area contributed by atoms with Gasteiger partial charge in [-0.1, -0.05) is 27.0 Å².